The van der Waals surface area contributed by atoms with E-state index in [-0.39, 0.29) is 22.0 Å². The van der Waals surface area contributed by atoms with Gasteiger partial charge in [0.25, 0.3) is 5.91 Å². The summed E-state index contributed by atoms with van der Waals surface area (Å²) in [6.07, 6.45) is -8.10. The van der Waals surface area contributed by atoms with Crippen LogP contribution in [0.15, 0.2) is 48.5 Å². The normalized spacial score (nSPS) is 14.3. The van der Waals surface area contributed by atoms with E-state index in [0.29, 0.717) is 5.56 Å². The van der Waals surface area contributed by atoms with Gasteiger partial charge in [-0.15, -0.1) is 0 Å². The van der Waals surface area contributed by atoms with Gasteiger partial charge in [0.2, 0.25) is 5.91 Å². The van der Waals surface area contributed by atoms with Gasteiger partial charge in [-0.05, 0) is 29.8 Å². The van der Waals surface area contributed by atoms with Crippen molar-refractivity contribution in [1.82, 2.24) is 9.80 Å². The summed E-state index contributed by atoms with van der Waals surface area (Å²) in [6.45, 7) is -1.11. The molecule has 186 valence electrons. The zero-order valence-corrected chi connectivity index (χ0v) is 20.0. The van der Waals surface area contributed by atoms with Gasteiger partial charge in [-0.2, -0.15) is 13.2 Å². The average Bonchev–Trinajstić information content (AvgIpc) is 2.78. The van der Waals surface area contributed by atoms with Crippen molar-refractivity contribution in [1.29, 1.82) is 0 Å². The molecule has 2 rings (SSSR count). The number of hydrogen-bond donors (Lipinski definition) is 2. The van der Waals surface area contributed by atoms with E-state index in [2.05, 4.69) is 0 Å². The Labute approximate surface area is 205 Å². The van der Waals surface area contributed by atoms with Gasteiger partial charge in [-0.25, -0.2) is 0 Å². The van der Waals surface area contributed by atoms with Crippen LogP contribution in [-0.4, -0.2) is 71.4 Å². The number of carbonyl (C=O) groups is 2. The van der Waals surface area contributed by atoms with Crippen molar-refractivity contribution in [3.8, 4) is 0 Å². The molecule has 2 N–H and O–H groups in total. The van der Waals surface area contributed by atoms with E-state index < -0.39 is 49.2 Å². The number of benzene rings is 2. The van der Waals surface area contributed by atoms with Crippen molar-refractivity contribution < 1.29 is 33.0 Å². The van der Waals surface area contributed by atoms with Gasteiger partial charge < -0.3 is 20.0 Å². The Kier molecular flexibility index (Phi) is 9.36. The minimum absolute atomic E-state index is 0.104. The predicted molar refractivity (Wildman–Crippen MR) is 123 cm³/mol. The first-order valence-corrected chi connectivity index (χ1v) is 10.9. The van der Waals surface area contributed by atoms with Gasteiger partial charge in [-0.1, -0.05) is 47.5 Å². The molecule has 2 unspecified atom stereocenters. The first kappa shape index (κ1) is 27.9. The lowest BCUT2D eigenvalue weighted by Crippen LogP contribution is -2.56. The summed E-state index contributed by atoms with van der Waals surface area (Å²) in [5.41, 5.74) is -0.982. The number of alkyl halides is 3. The number of rotatable bonds is 9. The van der Waals surface area contributed by atoms with Crippen LogP contribution >= 0.6 is 23.2 Å². The summed E-state index contributed by atoms with van der Waals surface area (Å²) < 4.78 is 38.6. The molecule has 0 aliphatic rings. The maximum Gasteiger partial charge on any atom is 0.397 e. The van der Waals surface area contributed by atoms with Crippen molar-refractivity contribution in [2.45, 2.75) is 30.7 Å². The van der Waals surface area contributed by atoms with Gasteiger partial charge in [0, 0.05) is 32.6 Å². The molecule has 34 heavy (non-hydrogen) atoms. The van der Waals surface area contributed by atoms with Crippen LogP contribution in [0.5, 0.6) is 0 Å². The van der Waals surface area contributed by atoms with E-state index in [4.69, 9.17) is 23.2 Å². The first-order valence-electron chi connectivity index (χ1n) is 10.2. The number of aliphatic hydroxyl groups excluding tert-OH is 2. The number of amides is 2. The molecular formula is C23H25Cl2F3N2O4. The molecule has 2 aromatic rings. The fraction of sp³-hybridized carbons (Fsp3) is 0.391. The Balaban J connectivity index is 2.66. The molecular weight excluding hydrogens is 496 g/mol. The fourth-order valence-corrected chi connectivity index (χ4v) is 4.00. The van der Waals surface area contributed by atoms with Gasteiger partial charge >= 0.3 is 6.18 Å². The lowest BCUT2D eigenvalue weighted by atomic mass is 9.81. The second-order valence-corrected chi connectivity index (χ2v) is 8.79. The summed E-state index contributed by atoms with van der Waals surface area (Å²) in [6, 6.07) is 12.5. The van der Waals surface area contributed by atoms with Crippen molar-refractivity contribution >= 4 is 35.0 Å². The number of carbonyl (C=O) groups excluding carboxylic acids is 2. The lowest BCUT2D eigenvalue weighted by molar-refractivity contribution is -0.161. The van der Waals surface area contributed by atoms with E-state index in [9.17, 15) is 33.0 Å². The smallest absolute Gasteiger partial charge is 0.394 e. The number of halogens is 5. The third kappa shape index (κ3) is 6.85. The van der Waals surface area contributed by atoms with Crippen LogP contribution in [0, 0.1) is 0 Å². The highest BCUT2D eigenvalue weighted by Gasteiger charge is 2.44. The monoisotopic (exact) mass is 520 g/mol. The third-order valence-electron chi connectivity index (χ3n) is 5.48. The summed E-state index contributed by atoms with van der Waals surface area (Å²) >= 11 is 12.2. The molecule has 0 fully saturated rings. The third-order valence-corrected chi connectivity index (χ3v) is 6.22. The van der Waals surface area contributed by atoms with Crippen LogP contribution in [-0.2, 0) is 10.3 Å². The molecule has 0 radical (unpaired) electrons. The zero-order chi connectivity index (χ0) is 25.7. The second-order valence-electron chi connectivity index (χ2n) is 7.97. The van der Waals surface area contributed by atoms with Crippen LogP contribution in [0.2, 0.25) is 10.0 Å². The van der Waals surface area contributed by atoms with Crippen LogP contribution < -0.4 is 0 Å². The predicted octanol–water partition coefficient (Wildman–Crippen LogP) is 4.12. The van der Waals surface area contributed by atoms with Crippen LogP contribution in [0.1, 0.15) is 28.8 Å². The van der Waals surface area contributed by atoms with E-state index >= 15 is 0 Å². The molecule has 0 saturated carbocycles. The highest BCUT2D eigenvalue weighted by molar-refractivity contribution is 6.42. The second kappa shape index (κ2) is 11.4. The Morgan fingerprint density at radius 2 is 1.65 bits per heavy atom. The van der Waals surface area contributed by atoms with Crippen molar-refractivity contribution in [2.24, 2.45) is 0 Å². The molecule has 0 aliphatic heterocycles. The standard InChI is InChI=1S/C23H25Cl2F3N2O4/c1-29(20(33)12-23(26,27)28)14-22(11-17(32)13-31,16-8-9-18(24)19(25)10-16)30(2)21(34)15-6-4-3-5-7-15/h3-10,17,31-32H,11-14H2,1-2H3. The Hall–Kier alpha value is -2.33. The molecule has 0 spiro atoms. The maximum atomic E-state index is 13.4. The molecule has 6 nitrogen and oxygen atoms in total. The summed E-state index contributed by atoms with van der Waals surface area (Å²) in [7, 11) is 2.58. The minimum Gasteiger partial charge on any atom is -0.394 e. The summed E-state index contributed by atoms with van der Waals surface area (Å²) in [4.78, 5) is 27.8. The maximum absolute atomic E-state index is 13.4. The number of nitrogens with zero attached hydrogens (tertiary/aromatic N) is 2. The topological polar surface area (TPSA) is 81.1 Å². The highest BCUT2D eigenvalue weighted by Crippen LogP contribution is 2.38. The quantitative estimate of drug-likeness (QED) is 0.521. The van der Waals surface area contributed by atoms with Crippen molar-refractivity contribution in [2.75, 3.05) is 27.2 Å². The van der Waals surface area contributed by atoms with Gasteiger partial charge in [0.05, 0.1) is 28.3 Å². The molecule has 0 aliphatic carbocycles. The molecule has 2 atom stereocenters. The molecule has 2 amide bonds. The number of likely N-dealkylation sites (N-methyl/N-ethyl adjacent to an activating group) is 2. The van der Waals surface area contributed by atoms with Crippen molar-refractivity contribution in [3.63, 3.8) is 0 Å². The molecule has 0 saturated heterocycles. The number of hydrogen-bond acceptors (Lipinski definition) is 4. The molecule has 0 aromatic heterocycles. The molecule has 0 heterocycles. The fourth-order valence-electron chi connectivity index (χ4n) is 3.71. The van der Waals surface area contributed by atoms with Crippen LogP contribution in [0.4, 0.5) is 13.2 Å². The van der Waals surface area contributed by atoms with E-state index in [1.165, 1.54) is 37.2 Å². The van der Waals surface area contributed by atoms with Crippen LogP contribution in [0.3, 0.4) is 0 Å². The summed E-state index contributed by atoms with van der Waals surface area (Å²) in [5.74, 6) is -1.75. The molecule has 0 bridgehead atoms. The Bertz CT molecular complexity index is 1010. The minimum atomic E-state index is -4.73. The molecule has 2 aromatic carbocycles. The lowest BCUT2D eigenvalue weighted by Gasteiger charge is -2.45. The average molecular weight is 521 g/mol. The SMILES string of the molecule is CN(CC(CC(O)CO)(c1ccc(Cl)c(Cl)c1)N(C)C(=O)c1ccccc1)C(=O)CC(F)(F)F. The van der Waals surface area contributed by atoms with Gasteiger partial charge in [0.15, 0.2) is 0 Å². The largest absolute Gasteiger partial charge is 0.397 e. The first-order chi connectivity index (χ1) is 15.8. The van der Waals surface area contributed by atoms with E-state index in [0.717, 1.165) is 4.90 Å². The summed E-state index contributed by atoms with van der Waals surface area (Å²) in [5, 5.41) is 20.2. The molecule has 11 heteroatoms. The number of aliphatic hydroxyl groups is 2. The van der Waals surface area contributed by atoms with E-state index in [1.807, 2.05) is 0 Å². The zero-order valence-electron chi connectivity index (χ0n) is 18.5. The van der Waals surface area contributed by atoms with Gasteiger partial charge in [-0.3, -0.25) is 9.59 Å². The van der Waals surface area contributed by atoms with Gasteiger partial charge in [0.1, 0.15) is 6.42 Å². The van der Waals surface area contributed by atoms with Crippen LogP contribution in [0.25, 0.3) is 0 Å². The Morgan fingerprint density at radius 1 is 1.03 bits per heavy atom. The Morgan fingerprint density at radius 3 is 2.18 bits per heavy atom. The van der Waals surface area contributed by atoms with E-state index in [1.54, 1.807) is 30.3 Å². The highest BCUT2D eigenvalue weighted by atomic mass is 35.5. The van der Waals surface area contributed by atoms with Crippen molar-refractivity contribution in [3.05, 3.63) is 69.7 Å².